The first-order valence-corrected chi connectivity index (χ1v) is 1.88. The van der Waals surface area contributed by atoms with Crippen LogP contribution in [0.1, 0.15) is 6.92 Å². The quantitative estimate of drug-likeness (QED) is 0.354. The normalized spacial score (nSPS) is 8.57. The van der Waals surface area contributed by atoms with Crippen LogP contribution in [-0.4, -0.2) is 5.78 Å². The van der Waals surface area contributed by atoms with E-state index in [4.69, 9.17) is 5.26 Å². The topological polar surface area (TPSA) is 40.9 Å². The summed E-state index contributed by atoms with van der Waals surface area (Å²) in [5, 5.41) is 7.82. The number of carbonyl (C=O) groups is 1. The Hall–Kier alpha value is -1.10. The van der Waals surface area contributed by atoms with Crippen molar-refractivity contribution < 1.29 is 4.79 Å². The van der Waals surface area contributed by atoms with E-state index in [0.717, 1.165) is 0 Å². The summed E-state index contributed by atoms with van der Waals surface area (Å²) in [5.41, 5.74) is 0. The first-order chi connectivity index (χ1) is 3.31. The SMILES string of the molecule is C/C=C/C(=O)C#N. The van der Waals surface area contributed by atoms with Gasteiger partial charge in [0.1, 0.15) is 6.07 Å². The number of allylic oxidation sites excluding steroid dienone is 2. The molecule has 0 bridgehead atoms. The maximum Gasteiger partial charge on any atom is 0.254 e. The third kappa shape index (κ3) is 2.71. The van der Waals surface area contributed by atoms with Crippen LogP contribution in [0.15, 0.2) is 12.2 Å². The molecule has 0 N–H and O–H groups in total. The smallest absolute Gasteiger partial charge is 0.254 e. The predicted molar refractivity (Wildman–Crippen MR) is 25.4 cm³/mol. The van der Waals surface area contributed by atoms with Crippen molar-refractivity contribution in [3.8, 4) is 6.07 Å². The van der Waals surface area contributed by atoms with Gasteiger partial charge in [-0.1, -0.05) is 6.08 Å². The van der Waals surface area contributed by atoms with E-state index < -0.39 is 5.78 Å². The lowest BCUT2D eigenvalue weighted by molar-refractivity contribution is -0.109. The largest absolute Gasteiger partial charge is 0.278 e. The fourth-order valence-corrected chi connectivity index (χ4v) is 0.189. The van der Waals surface area contributed by atoms with Crippen molar-refractivity contribution in [2.45, 2.75) is 6.92 Å². The molecule has 0 aliphatic heterocycles. The number of nitriles is 1. The molecule has 0 spiro atoms. The summed E-state index contributed by atoms with van der Waals surface area (Å²) >= 11 is 0. The number of rotatable bonds is 1. The van der Waals surface area contributed by atoms with Crippen LogP contribution in [0.3, 0.4) is 0 Å². The molecule has 0 fully saturated rings. The molecular weight excluding hydrogens is 90.1 g/mol. The van der Waals surface area contributed by atoms with E-state index in [1.165, 1.54) is 18.2 Å². The first kappa shape index (κ1) is 5.90. The standard InChI is InChI=1S/C5H5NO/c1-2-3-5(7)4-6/h2-3H,1H3/b3-2+. The molecule has 0 saturated carbocycles. The number of hydrogen-bond acceptors (Lipinski definition) is 2. The van der Waals surface area contributed by atoms with Gasteiger partial charge >= 0.3 is 0 Å². The Balaban J connectivity index is 3.66. The molecule has 0 aromatic carbocycles. The third-order valence-corrected chi connectivity index (χ3v) is 0.428. The van der Waals surface area contributed by atoms with Gasteiger partial charge in [-0.25, -0.2) is 0 Å². The third-order valence-electron chi connectivity index (χ3n) is 0.428. The van der Waals surface area contributed by atoms with Gasteiger partial charge in [-0.05, 0) is 13.0 Å². The van der Waals surface area contributed by atoms with E-state index in [1.54, 1.807) is 6.92 Å². The molecule has 0 aliphatic carbocycles. The van der Waals surface area contributed by atoms with Gasteiger partial charge in [-0.3, -0.25) is 4.79 Å². The molecule has 2 nitrogen and oxygen atoms in total. The molecule has 0 radical (unpaired) electrons. The van der Waals surface area contributed by atoms with E-state index >= 15 is 0 Å². The van der Waals surface area contributed by atoms with Crippen molar-refractivity contribution in [3.63, 3.8) is 0 Å². The average Bonchev–Trinajstić information content (AvgIpc) is 1.68. The summed E-state index contributed by atoms with van der Waals surface area (Å²) in [6, 6.07) is 1.44. The second-order valence-electron chi connectivity index (χ2n) is 0.976. The highest BCUT2D eigenvalue weighted by Gasteiger charge is 1.83. The van der Waals surface area contributed by atoms with Crippen molar-refractivity contribution in [2.75, 3.05) is 0 Å². The zero-order valence-electron chi connectivity index (χ0n) is 4.01. The van der Waals surface area contributed by atoms with Crippen LogP contribution in [-0.2, 0) is 4.79 Å². The van der Waals surface area contributed by atoms with Crippen LogP contribution in [0.25, 0.3) is 0 Å². The van der Waals surface area contributed by atoms with Gasteiger partial charge in [0, 0.05) is 0 Å². The van der Waals surface area contributed by atoms with E-state index in [1.807, 2.05) is 0 Å². The minimum atomic E-state index is -0.498. The summed E-state index contributed by atoms with van der Waals surface area (Å²) in [6.45, 7) is 1.69. The molecular formula is C5H5NO. The second-order valence-corrected chi connectivity index (χ2v) is 0.976. The lowest BCUT2D eigenvalue weighted by Crippen LogP contribution is -1.81. The van der Waals surface area contributed by atoms with Crippen molar-refractivity contribution in [2.24, 2.45) is 0 Å². The summed E-state index contributed by atoms with van der Waals surface area (Å²) in [6.07, 6.45) is 2.76. The van der Waals surface area contributed by atoms with Gasteiger partial charge in [0.2, 0.25) is 0 Å². The molecule has 0 amide bonds. The van der Waals surface area contributed by atoms with E-state index in [-0.39, 0.29) is 0 Å². The summed E-state index contributed by atoms with van der Waals surface area (Å²) in [7, 11) is 0. The van der Waals surface area contributed by atoms with Gasteiger partial charge in [-0.2, -0.15) is 5.26 Å². The highest BCUT2D eigenvalue weighted by Crippen LogP contribution is 1.69. The molecule has 0 atom stereocenters. The second kappa shape index (κ2) is 3.10. The molecule has 0 aromatic heterocycles. The maximum absolute atomic E-state index is 9.96. The highest BCUT2D eigenvalue weighted by atomic mass is 16.1. The summed E-state index contributed by atoms with van der Waals surface area (Å²) < 4.78 is 0. The molecule has 0 saturated heterocycles. The Morgan fingerprint density at radius 3 is 2.57 bits per heavy atom. The van der Waals surface area contributed by atoms with Gasteiger partial charge in [0.25, 0.3) is 5.78 Å². The van der Waals surface area contributed by atoms with Gasteiger partial charge in [0.05, 0.1) is 0 Å². The monoisotopic (exact) mass is 95.0 g/mol. The number of carbonyl (C=O) groups excluding carboxylic acids is 1. The molecule has 2 heteroatoms. The number of hydrogen-bond donors (Lipinski definition) is 0. The molecule has 0 aliphatic rings. The Morgan fingerprint density at radius 2 is 2.43 bits per heavy atom. The fourth-order valence-electron chi connectivity index (χ4n) is 0.189. The Labute approximate surface area is 42.1 Å². The summed E-state index contributed by atoms with van der Waals surface area (Å²) in [4.78, 5) is 9.96. The van der Waals surface area contributed by atoms with E-state index in [9.17, 15) is 4.79 Å². The van der Waals surface area contributed by atoms with Crippen LogP contribution in [0.4, 0.5) is 0 Å². The predicted octanol–water partition coefficient (Wildman–Crippen LogP) is 0.655. The minimum absolute atomic E-state index is 0.498. The van der Waals surface area contributed by atoms with Crippen LogP contribution in [0, 0.1) is 11.3 Å². The maximum atomic E-state index is 9.96. The van der Waals surface area contributed by atoms with Crippen molar-refractivity contribution >= 4 is 5.78 Å². The highest BCUT2D eigenvalue weighted by molar-refractivity contribution is 6.02. The average molecular weight is 95.1 g/mol. The molecule has 7 heavy (non-hydrogen) atoms. The van der Waals surface area contributed by atoms with Crippen LogP contribution in [0.5, 0.6) is 0 Å². The molecule has 0 heterocycles. The molecule has 0 aromatic rings. The number of ketones is 1. The van der Waals surface area contributed by atoms with Gasteiger partial charge in [0.15, 0.2) is 0 Å². The fraction of sp³-hybridized carbons (Fsp3) is 0.200. The lowest BCUT2D eigenvalue weighted by atomic mass is 10.4. The van der Waals surface area contributed by atoms with Crippen molar-refractivity contribution in [3.05, 3.63) is 12.2 Å². The molecule has 36 valence electrons. The Bertz CT molecular complexity index is 130. The van der Waals surface area contributed by atoms with E-state index in [0.29, 0.717) is 0 Å². The number of nitrogens with zero attached hydrogens (tertiary/aromatic N) is 1. The summed E-state index contributed by atoms with van der Waals surface area (Å²) in [5.74, 6) is -0.498. The van der Waals surface area contributed by atoms with Crippen molar-refractivity contribution in [1.82, 2.24) is 0 Å². The lowest BCUT2D eigenvalue weighted by Gasteiger charge is -1.65. The van der Waals surface area contributed by atoms with Gasteiger partial charge in [-0.15, -0.1) is 0 Å². The Morgan fingerprint density at radius 1 is 1.86 bits per heavy atom. The zero-order chi connectivity index (χ0) is 5.70. The molecule has 0 rings (SSSR count). The minimum Gasteiger partial charge on any atom is -0.278 e. The molecule has 0 unspecified atom stereocenters. The zero-order valence-corrected chi connectivity index (χ0v) is 4.01. The van der Waals surface area contributed by atoms with Crippen LogP contribution < -0.4 is 0 Å². The van der Waals surface area contributed by atoms with Gasteiger partial charge < -0.3 is 0 Å². The first-order valence-electron chi connectivity index (χ1n) is 1.88. The van der Waals surface area contributed by atoms with Crippen LogP contribution in [0.2, 0.25) is 0 Å². The van der Waals surface area contributed by atoms with Crippen molar-refractivity contribution in [1.29, 1.82) is 5.26 Å². The van der Waals surface area contributed by atoms with E-state index in [2.05, 4.69) is 0 Å². The van der Waals surface area contributed by atoms with Crippen LogP contribution >= 0.6 is 0 Å². The Kier molecular flexibility index (Phi) is 2.62.